The van der Waals surface area contributed by atoms with Crippen LogP contribution in [0.5, 0.6) is 0 Å². The molecule has 2 aromatic heterocycles. The average molecular weight is 479 g/mol. The monoisotopic (exact) mass is 478 g/mol. The molecule has 1 aliphatic heterocycles. The Bertz CT molecular complexity index is 1280. The Morgan fingerprint density at radius 1 is 1.19 bits per heavy atom. The van der Waals surface area contributed by atoms with Gasteiger partial charge in [-0.05, 0) is 18.2 Å². The van der Waals surface area contributed by atoms with Crippen LogP contribution < -0.4 is 9.80 Å². The molecular weight excluding hydrogens is 465 g/mol. The maximum atomic E-state index is 13.1. The number of rotatable bonds is 4. The SMILES string of the molecule is CN1C(=C(C#N)C(=O)CSc2nnc3c(Cl)cc(C(F)(F)F)cn23)N(C)c2ccccc21. The van der Waals surface area contributed by atoms with Gasteiger partial charge in [0.2, 0.25) is 0 Å². The maximum Gasteiger partial charge on any atom is 0.417 e. The van der Waals surface area contributed by atoms with Gasteiger partial charge in [0.15, 0.2) is 16.6 Å². The number of pyridine rings is 1. The van der Waals surface area contributed by atoms with Gasteiger partial charge in [-0.15, -0.1) is 10.2 Å². The van der Waals surface area contributed by atoms with Crippen molar-refractivity contribution in [2.45, 2.75) is 11.3 Å². The van der Waals surface area contributed by atoms with Gasteiger partial charge < -0.3 is 9.80 Å². The predicted octanol–water partition coefficient (Wildman–Crippen LogP) is 4.38. The summed E-state index contributed by atoms with van der Waals surface area (Å²) in [5.74, 6) is -0.291. The van der Waals surface area contributed by atoms with Crippen molar-refractivity contribution >= 4 is 46.2 Å². The van der Waals surface area contributed by atoms with Crippen LogP contribution in [0.15, 0.2) is 53.1 Å². The minimum Gasteiger partial charge on any atom is -0.328 e. The van der Waals surface area contributed by atoms with Gasteiger partial charge in [0.05, 0.1) is 27.7 Å². The number of benzene rings is 1. The van der Waals surface area contributed by atoms with E-state index in [9.17, 15) is 23.2 Å². The van der Waals surface area contributed by atoms with Crippen molar-refractivity contribution in [1.29, 1.82) is 5.26 Å². The van der Waals surface area contributed by atoms with Crippen LogP contribution in [0, 0.1) is 11.3 Å². The summed E-state index contributed by atoms with van der Waals surface area (Å²) in [4.78, 5) is 16.4. The van der Waals surface area contributed by atoms with Crippen molar-refractivity contribution in [3.05, 3.63) is 58.5 Å². The van der Waals surface area contributed by atoms with Crippen molar-refractivity contribution in [2.75, 3.05) is 29.6 Å². The fraction of sp³-hybridized carbons (Fsp3) is 0.200. The minimum absolute atomic E-state index is 0.0409. The molecule has 3 aromatic rings. The first-order valence-corrected chi connectivity index (χ1v) is 10.5. The number of nitrogens with zero attached hydrogens (tertiary/aromatic N) is 6. The largest absolute Gasteiger partial charge is 0.417 e. The lowest BCUT2D eigenvalue weighted by Gasteiger charge is -2.19. The van der Waals surface area contributed by atoms with E-state index in [1.165, 1.54) is 0 Å². The minimum atomic E-state index is -4.61. The van der Waals surface area contributed by atoms with Crippen molar-refractivity contribution in [2.24, 2.45) is 0 Å². The lowest BCUT2D eigenvalue weighted by atomic mass is 10.2. The van der Waals surface area contributed by atoms with Crippen LogP contribution in [0.25, 0.3) is 5.65 Å². The third-order valence-corrected chi connectivity index (χ3v) is 6.16. The Kier molecular flexibility index (Phi) is 5.52. The number of halogens is 4. The Labute approximate surface area is 189 Å². The van der Waals surface area contributed by atoms with Gasteiger partial charge in [0, 0.05) is 20.3 Å². The van der Waals surface area contributed by atoms with Gasteiger partial charge >= 0.3 is 6.18 Å². The fourth-order valence-corrected chi connectivity index (χ4v) is 4.47. The van der Waals surface area contributed by atoms with Crippen LogP contribution in [-0.4, -0.2) is 40.2 Å². The number of anilines is 2. The van der Waals surface area contributed by atoms with Crippen molar-refractivity contribution < 1.29 is 18.0 Å². The van der Waals surface area contributed by atoms with Crippen LogP contribution in [0.4, 0.5) is 24.5 Å². The number of fused-ring (bicyclic) bond motifs is 2. The highest BCUT2D eigenvalue weighted by Gasteiger charge is 2.33. The van der Waals surface area contributed by atoms with Crippen LogP contribution in [0.1, 0.15) is 5.56 Å². The van der Waals surface area contributed by atoms with Crippen LogP contribution >= 0.6 is 23.4 Å². The highest BCUT2D eigenvalue weighted by molar-refractivity contribution is 7.99. The van der Waals surface area contributed by atoms with Gasteiger partial charge in [-0.3, -0.25) is 9.20 Å². The number of aromatic nitrogens is 3. The summed E-state index contributed by atoms with van der Waals surface area (Å²) in [5, 5.41) is 17.2. The van der Waals surface area contributed by atoms with Gasteiger partial charge in [0.1, 0.15) is 17.5 Å². The van der Waals surface area contributed by atoms with Crippen molar-refractivity contribution in [1.82, 2.24) is 14.6 Å². The summed E-state index contributed by atoms with van der Waals surface area (Å²) >= 11 is 6.79. The highest BCUT2D eigenvalue weighted by atomic mass is 35.5. The summed E-state index contributed by atoms with van der Waals surface area (Å²) in [7, 11) is 3.50. The molecule has 32 heavy (non-hydrogen) atoms. The quantitative estimate of drug-likeness (QED) is 0.313. The van der Waals surface area contributed by atoms with Gasteiger partial charge in [0.25, 0.3) is 0 Å². The Hall–Kier alpha value is -3.23. The van der Waals surface area contributed by atoms with E-state index in [4.69, 9.17) is 11.6 Å². The number of para-hydroxylation sites is 2. The summed E-state index contributed by atoms with van der Waals surface area (Å²) in [6, 6.07) is 10.2. The molecule has 12 heteroatoms. The molecular formula is C20H14ClF3N6OS. The van der Waals surface area contributed by atoms with E-state index in [1.54, 1.807) is 23.9 Å². The maximum absolute atomic E-state index is 13.1. The Balaban J connectivity index is 1.63. The van der Waals surface area contributed by atoms with E-state index in [1.807, 2.05) is 30.3 Å². The van der Waals surface area contributed by atoms with E-state index in [-0.39, 0.29) is 27.2 Å². The summed E-state index contributed by atoms with van der Waals surface area (Å²) < 4.78 is 40.5. The lowest BCUT2D eigenvalue weighted by molar-refractivity contribution is -0.137. The number of ketones is 1. The summed E-state index contributed by atoms with van der Waals surface area (Å²) in [6.07, 6.45) is -3.78. The molecule has 7 nitrogen and oxygen atoms in total. The molecule has 1 aromatic carbocycles. The summed E-state index contributed by atoms with van der Waals surface area (Å²) in [5.41, 5.74) is 0.697. The molecule has 0 spiro atoms. The number of carbonyl (C=O) groups excluding carboxylic acids is 1. The highest BCUT2D eigenvalue weighted by Crippen LogP contribution is 2.40. The van der Waals surface area contributed by atoms with Gasteiger partial charge in [-0.2, -0.15) is 18.4 Å². The second-order valence-electron chi connectivity index (χ2n) is 6.88. The first-order chi connectivity index (χ1) is 15.1. The molecule has 0 fully saturated rings. The molecule has 0 saturated carbocycles. The molecule has 1 aliphatic rings. The molecule has 4 rings (SSSR count). The van der Waals surface area contributed by atoms with E-state index in [0.29, 0.717) is 5.82 Å². The zero-order chi connectivity index (χ0) is 23.2. The van der Waals surface area contributed by atoms with E-state index >= 15 is 0 Å². The third kappa shape index (κ3) is 3.65. The molecule has 0 amide bonds. The number of alkyl halides is 3. The Morgan fingerprint density at radius 2 is 1.81 bits per heavy atom. The predicted molar refractivity (Wildman–Crippen MR) is 115 cm³/mol. The number of hydrogen-bond donors (Lipinski definition) is 0. The molecule has 0 N–H and O–H groups in total. The topological polar surface area (TPSA) is 77.5 Å². The van der Waals surface area contributed by atoms with Crippen molar-refractivity contribution in [3.8, 4) is 6.07 Å². The number of allylic oxidation sites excluding steroid dienone is 1. The molecule has 0 radical (unpaired) electrons. The second kappa shape index (κ2) is 8.03. The summed E-state index contributed by atoms with van der Waals surface area (Å²) in [6.45, 7) is 0. The normalized spacial score (nSPS) is 13.5. The second-order valence-corrected chi connectivity index (χ2v) is 8.23. The molecule has 0 bridgehead atoms. The molecule has 3 heterocycles. The zero-order valence-corrected chi connectivity index (χ0v) is 18.3. The van der Waals surface area contributed by atoms with E-state index in [2.05, 4.69) is 10.2 Å². The standard InChI is InChI=1S/C20H14ClF3N6OS/c1-28-14-5-3-4-6-15(14)29(2)18(28)12(8-25)16(31)10-32-19-27-26-17-13(21)7-11(9-30(17)19)20(22,23)24/h3-7,9H,10H2,1-2H3. The number of Topliss-reactive ketones (excluding diaryl/α,β-unsaturated/α-hetero) is 1. The Morgan fingerprint density at radius 3 is 2.38 bits per heavy atom. The average Bonchev–Trinajstić information content (AvgIpc) is 3.27. The molecule has 0 unspecified atom stereocenters. The fourth-order valence-electron chi connectivity index (χ4n) is 3.45. The molecule has 0 aliphatic carbocycles. The number of thioether (sulfide) groups is 1. The number of hydrogen-bond acceptors (Lipinski definition) is 7. The van der Waals surface area contributed by atoms with Crippen LogP contribution in [0.3, 0.4) is 0 Å². The molecule has 0 atom stereocenters. The van der Waals surface area contributed by atoms with Crippen molar-refractivity contribution in [3.63, 3.8) is 0 Å². The molecule has 164 valence electrons. The van der Waals surface area contributed by atoms with Crippen LogP contribution in [-0.2, 0) is 11.0 Å². The lowest BCUT2D eigenvalue weighted by Crippen LogP contribution is -2.26. The number of nitriles is 1. The van der Waals surface area contributed by atoms with E-state index < -0.39 is 17.5 Å². The van der Waals surface area contributed by atoms with E-state index in [0.717, 1.165) is 39.8 Å². The zero-order valence-electron chi connectivity index (χ0n) is 16.7. The van der Waals surface area contributed by atoms with Crippen LogP contribution in [0.2, 0.25) is 5.02 Å². The first-order valence-electron chi connectivity index (χ1n) is 9.11. The third-order valence-electron chi connectivity index (χ3n) is 4.94. The smallest absolute Gasteiger partial charge is 0.328 e. The number of carbonyl (C=O) groups is 1. The van der Waals surface area contributed by atoms with Gasteiger partial charge in [-0.1, -0.05) is 35.5 Å². The van der Waals surface area contributed by atoms with Gasteiger partial charge in [-0.25, -0.2) is 0 Å². The first kappa shape index (κ1) is 22.0. The molecule has 0 saturated heterocycles.